The van der Waals surface area contributed by atoms with Gasteiger partial charge in [-0.3, -0.25) is 0 Å². The summed E-state index contributed by atoms with van der Waals surface area (Å²) < 4.78 is 0. The van der Waals surface area contributed by atoms with Gasteiger partial charge in [-0.2, -0.15) is 0 Å². The van der Waals surface area contributed by atoms with Crippen molar-refractivity contribution in [2.24, 2.45) is 0 Å². The number of nitrogen functional groups attached to an aromatic ring is 2. The minimum absolute atomic E-state index is 0. The third-order valence-corrected chi connectivity index (χ3v) is 2.86. The Morgan fingerprint density at radius 1 is 0.765 bits per heavy atom. The summed E-state index contributed by atoms with van der Waals surface area (Å²) in [6, 6.07) is 10.7. The molecule has 0 heterocycles. The Hall–Kier alpha value is -1.09. The molecule has 0 saturated heterocycles. The van der Waals surface area contributed by atoms with E-state index < -0.39 is 0 Å². The number of hydrogen-bond donors (Lipinski definition) is 2. The van der Waals surface area contributed by atoms with Gasteiger partial charge in [-0.05, 0) is 29.8 Å². The lowest BCUT2D eigenvalue weighted by Gasteiger charge is -2.08. The lowest BCUT2D eigenvalue weighted by atomic mass is 10.0. The molecule has 0 atom stereocenters. The minimum atomic E-state index is 0. The van der Waals surface area contributed by atoms with Crippen molar-refractivity contribution in [2.75, 3.05) is 11.5 Å². The lowest BCUT2D eigenvalue weighted by Crippen LogP contribution is -1.89. The summed E-state index contributed by atoms with van der Waals surface area (Å²) in [5.41, 5.74) is 14.2. The normalized spacial score (nSPS) is 9.76. The second-order valence-corrected chi connectivity index (χ2v) is 4.30. The third-order valence-electron chi connectivity index (χ3n) is 2.26. The molecule has 5 heteroatoms. The van der Waals surface area contributed by atoms with Crippen LogP contribution in [0.15, 0.2) is 36.4 Å². The van der Waals surface area contributed by atoms with E-state index in [-0.39, 0.29) is 12.4 Å². The van der Waals surface area contributed by atoms with Crippen LogP contribution in [0, 0.1) is 0 Å². The van der Waals surface area contributed by atoms with Crippen LogP contribution in [0.4, 0.5) is 11.4 Å². The minimum Gasteiger partial charge on any atom is -0.399 e. The molecule has 0 aliphatic rings. The van der Waals surface area contributed by atoms with E-state index in [2.05, 4.69) is 0 Å². The zero-order valence-electron chi connectivity index (χ0n) is 8.78. The van der Waals surface area contributed by atoms with Gasteiger partial charge < -0.3 is 11.5 Å². The van der Waals surface area contributed by atoms with Gasteiger partial charge in [0.2, 0.25) is 0 Å². The molecule has 0 saturated carbocycles. The van der Waals surface area contributed by atoms with E-state index >= 15 is 0 Å². The van der Waals surface area contributed by atoms with Crippen LogP contribution in [0.1, 0.15) is 0 Å². The monoisotopic (exact) mass is 288 g/mol. The fraction of sp³-hybridized carbons (Fsp3) is 0. The summed E-state index contributed by atoms with van der Waals surface area (Å²) in [7, 11) is 0. The van der Waals surface area contributed by atoms with Crippen LogP contribution in [0.25, 0.3) is 11.1 Å². The van der Waals surface area contributed by atoms with Crippen molar-refractivity contribution in [3.63, 3.8) is 0 Å². The Labute approximate surface area is 116 Å². The maximum absolute atomic E-state index is 6.11. The van der Waals surface area contributed by atoms with Crippen molar-refractivity contribution in [3.8, 4) is 11.1 Å². The molecule has 2 aromatic carbocycles. The van der Waals surface area contributed by atoms with Gasteiger partial charge in [-0.15, -0.1) is 12.4 Å². The van der Waals surface area contributed by atoms with Crippen molar-refractivity contribution in [3.05, 3.63) is 46.4 Å². The average Bonchev–Trinajstić information content (AvgIpc) is 2.19. The molecule has 0 bridgehead atoms. The fourth-order valence-electron chi connectivity index (χ4n) is 1.52. The standard InChI is InChI=1S/C12H10Cl2N2.ClH/c13-10-5-9(16)6-11(14)12(10)7-1-3-8(15)4-2-7;/h1-6H,15-16H2;1H. The molecule has 90 valence electrons. The average molecular weight is 290 g/mol. The van der Waals surface area contributed by atoms with Gasteiger partial charge in [0.25, 0.3) is 0 Å². The summed E-state index contributed by atoms with van der Waals surface area (Å²) in [4.78, 5) is 0. The van der Waals surface area contributed by atoms with E-state index in [0.717, 1.165) is 11.1 Å². The van der Waals surface area contributed by atoms with E-state index in [1.54, 1.807) is 24.3 Å². The summed E-state index contributed by atoms with van der Waals surface area (Å²) in [6.45, 7) is 0. The molecular weight excluding hydrogens is 279 g/mol. The molecule has 0 aliphatic carbocycles. The van der Waals surface area contributed by atoms with Gasteiger partial charge in [0.15, 0.2) is 0 Å². The summed E-state index contributed by atoms with van der Waals surface area (Å²) >= 11 is 12.2. The van der Waals surface area contributed by atoms with E-state index in [9.17, 15) is 0 Å². The molecule has 0 amide bonds. The highest BCUT2D eigenvalue weighted by Crippen LogP contribution is 2.36. The second kappa shape index (κ2) is 5.50. The largest absolute Gasteiger partial charge is 0.399 e. The Balaban J connectivity index is 0.00000144. The van der Waals surface area contributed by atoms with Crippen molar-refractivity contribution >= 4 is 47.0 Å². The quantitative estimate of drug-likeness (QED) is 0.771. The van der Waals surface area contributed by atoms with Crippen LogP contribution in [-0.2, 0) is 0 Å². The SMILES string of the molecule is Cl.Nc1ccc(-c2c(Cl)cc(N)cc2Cl)cc1. The molecule has 0 radical (unpaired) electrons. The molecular formula is C12H11Cl3N2. The van der Waals surface area contributed by atoms with E-state index in [1.165, 1.54) is 0 Å². The molecule has 0 spiro atoms. The van der Waals surface area contributed by atoms with Gasteiger partial charge in [-0.1, -0.05) is 35.3 Å². The molecule has 0 fully saturated rings. The number of anilines is 2. The smallest absolute Gasteiger partial charge is 0.0519 e. The zero-order valence-corrected chi connectivity index (χ0v) is 11.1. The van der Waals surface area contributed by atoms with Gasteiger partial charge in [0.05, 0.1) is 10.0 Å². The Kier molecular flexibility index (Phi) is 4.52. The van der Waals surface area contributed by atoms with E-state index in [0.29, 0.717) is 21.4 Å². The van der Waals surface area contributed by atoms with Crippen LogP contribution >= 0.6 is 35.6 Å². The first-order valence-corrected chi connectivity index (χ1v) is 5.44. The maximum Gasteiger partial charge on any atom is 0.0519 e. The van der Waals surface area contributed by atoms with E-state index in [1.807, 2.05) is 12.1 Å². The van der Waals surface area contributed by atoms with Gasteiger partial charge in [0, 0.05) is 16.9 Å². The van der Waals surface area contributed by atoms with Gasteiger partial charge in [0.1, 0.15) is 0 Å². The van der Waals surface area contributed by atoms with Crippen LogP contribution in [0.5, 0.6) is 0 Å². The first kappa shape index (κ1) is 14.0. The van der Waals surface area contributed by atoms with Crippen molar-refractivity contribution < 1.29 is 0 Å². The Bertz CT molecular complexity index is 501. The highest BCUT2D eigenvalue weighted by Gasteiger charge is 2.09. The topological polar surface area (TPSA) is 52.0 Å². The fourth-order valence-corrected chi connectivity index (χ4v) is 2.24. The van der Waals surface area contributed by atoms with Gasteiger partial charge in [-0.25, -0.2) is 0 Å². The van der Waals surface area contributed by atoms with Crippen molar-refractivity contribution in [1.29, 1.82) is 0 Å². The van der Waals surface area contributed by atoms with Gasteiger partial charge >= 0.3 is 0 Å². The predicted octanol–water partition coefficient (Wildman–Crippen LogP) is 4.25. The van der Waals surface area contributed by atoms with Crippen LogP contribution < -0.4 is 11.5 Å². The molecule has 2 aromatic rings. The third kappa shape index (κ3) is 2.97. The molecule has 0 aliphatic heterocycles. The number of hydrogen-bond acceptors (Lipinski definition) is 2. The lowest BCUT2D eigenvalue weighted by molar-refractivity contribution is 1.60. The highest BCUT2D eigenvalue weighted by atomic mass is 35.5. The Morgan fingerprint density at radius 2 is 1.24 bits per heavy atom. The van der Waals surface area contributed by atoms with Crippen LogP contribution in [0.3, 0.4) is 0 Å². The first-order valence-electron chi connectivity index (χ1n) is 4.68. The summed E-state index contributed by atoms with van der Waals surface area (Å²) in [6.07, 6.45) is 0. The molecule has 0 unspecified atom stereocenters. The number of halogens is 3. The molecule has 2 rings (SSSR count). The predicted molar refractivity (Wildman–Crippen MR) is 78.0 cm³/mol. The molecule has 4 N–H and O–H groups in total. The summed E-state index contributed by atoms with van der Waals surface area (Å²) in [5, 5.41) is 1.07. The number of rotatable bonds is 1. The van der Waals surface area contributed by atoms with E-state index in [4.69, 9.17) is 34.7 Å². The highest BCUT2D eigenvalue weighted by molar-refractivity contribution is 6.39. The Morgan fingerprint density at radius 3 is 1.71 bits per heavy atom. The first-order chi connectivity index (χ1) is 7.58. The molecule has 0 aromatic heterocycles. The van der Waals surface area contributed by atoms with Crippen molar-refractivity contribution in [1.82, 2.24) is 0 Å². The number of benzene rings is 2. The van der Waals surface area contributed by atoms with Crippen molar-refractivity contribution in [2.45, 2.75) is 0 Å². The second-order valence-electron chi connectivity index (χ2n) is 3.48. The zero-order chi connectivity index (χ0) is 11.7. The van der Waals surface area contributed by atoms with Crippen LogP contribution in [0.2, 0.25) is 10.0 Å². The molecule has 17 heavy (non-hydrogen) atoms. The summed E-state index contributed by atoms with van der Waals surface area (Å²) in [5.74, 6) is 0. The maximum atomic E-state index is 6.11. The van der Waals surface area contributed by atoms with Crippen LogP contribution in [-0.4, -0.2) is 0 Å². The number of nitrogens with two attached hydrogens (primary N) is 2. The molecule has 2 nitrogen and oxygen atoms in total.